The number of hydrogen-bond donors (Lipinski definition) is 0. The van der Waals surface area contributed by atoms with E-state index in [1.807, 2.05) is 9.80 Å². The van der Waals surface area contributed by atoms with Crippen LogP contribution in [0.3, 0.4) is 0 Å². The van der Waals surface area contributed by atoms with Gasteiger partial charge in [0, 0.05) is 25.0 Å². The maximum atomic E-state index is 13.0. The molecule has 7 heteroatoms. The van der Waals surface area contributed by atoms with Gasteiger partial charge in [0.05, 0.1) is 6.54 Å². The van der Waals surface area contributed by atoms with Crippen LogP contribution in [0.15, 0.2) is 24.3 Å². The molecule has 0 bridgehead atoms. The largest absolute Gasteiger partial charge is 0.491 e. The van der Waals surface area contributed by atoms with E-state index in [1.54, 1.807) is 12.1 Å². The molecule has 6 nitrogen and oxygen atoms in total. The van der Waals surface area contributed by atoms with Gasteiger partial charge in [-0.25, -0.2) is 4.39 Å². The van der Waals surface area contributed by atoms with E-state index in [0.29, 0.717) is 24.8 Å². The molecule has 1 saturated carbocycles. The molecule has 1 aromatic rings. The molecule has 2 aliphatic heterocycles. The smallest absolute Gasteiger partial charge is 0.248 e. The Morgan fingerprint density at radius 1 is 1.10 bits per heavy atom. The molecule has 1 atom stereocenters. The van der Waals surface area contributed by atoms with Gasteiger partial charge in [-0.2, -0.15) is 0 Å². The van der Waals surface area contributed by atoms with Crippen LogP contribution < -0.4 is 4.74 Å². The summed E-state index contributed by atoms with van der Waals surface area (Å²) in [6.45, 7) is 2.30. The minimum Gasteiger partial charge on any atom is -0.491 e. The van der Waals surface area contributed by atoms with Gasteiger partial charge in [-0.15, -0.1) is 0 Å². The van der Waals surface area contributed by atoms with Crippen LogP contribution >= 0.6 is 0 Å². The van der Waals surface area contributed by atoms with Crippen molar-refractivity contribution in [1.29, 1.82) is 0 Å². The SMILES string of the molecule is O=C(C1CCCC1)N1CCC(N2CC(COc3ccc(F)cc3)OCC2=O)CC1. The van der Waals surface area contributed by atoms with Gasteiger partial charge in [-0.3, -0.25) is 9.59 Å². The van der Waals surface area contributed by atoms with Crippen LogP contribution in [-0.4, -0.2) is 66.6 Å². The minimum atomic E-state index is -0.305. The molecule has 2 saturated heterocycles. The van der Waals surface area contributed by atoms with E-state index < -0.39 is 0 Å². The highest BCUT2D eigenvalue weighted by Gasteiger charge is 2.36. The number of halogens is 1. The number of carbonyl (C=O) groups is 2. The van der Waals surface area contributed by atoms with Crippen LogP contribution in [0.5, 0.6) is 5.75 Å². The van der Waals surface area contributed by atoms with Crippen molar-refractivity contribution in [2.75, 3.05) is 32.8 Å². The molecule has 2 amide bonds. The summed E-state index contributed by atoms with van der Waals surface area (Å²) < 4.78 is 24.3. The Bertz CT molecular complexity index is 712. The number of benzene rings is 1. The Kier molecular flexibility index (Phi) is 6.33. The monoisotopic (exact) mass is 404 g/mol. The van der Waals surface area contributed by atoms with Crippen LogP contribution in [0, 0.1) is 11.7 Å². The number of amides is 2. The van der Waals surface area contributed by atoms with E-state index in [-0.39, 0.29) is 36.4 Å². The predicted octanol–water partition coefficient (Wildman–Crippen LogP) is 2.61. The topological polar surface area (TPSA) is 59.1 Å². The fraction of sp³-hybridized carbons (Fsp3) is 0.636. The van der Waals surface area contributed by atoms with Crippen LogP contribution in [0.4, 0.5) is 4.39 Å². The molecule has 0 radical (unpaired) electrons. The lowest BCUT2D eigenvalue weighted by molar-refractivity contribution is -0.156. The lowest BCUT2D eigenvalue weighted by Crippen LogP contribution is -2.56. The van der Waals surface area contributed by atoms with E-state index in [4.69, 9.17) is 9.47 Å². The first kappa shape index (κ1) is 20.1. The van der Waals surface area contributed by atoms with E-state index in [0.717, 1.165) is 51.6 Å². The van der Waals surface area contributed by atoms with Gasteiger partial charge in [0.1, 0.15) is 30.9 Å². The Hall–Kier alpha value is -2.15. The molecule has 0 N–H and O–H groups in total. The number of likely N-dealkylation sites (tertiary alicyclic amines) is 1. The third-order valence-electron chi connectivity index (χ3n) is 6.33. The van der Waals surface area contributed by atoms with Gasteiger partial charge in [0.25, 0.3) is 0 Å². The zero-order valence-electron chi connectivity index (χ0n) is 16.7. The lowest BCUT2D eigenvalue weighted by atomic mass is 9.99. The quantitative estimate of drug-likeness (QED) is 0.757. The number of nitrogens with zero attached hydrogens (tertiary/aromatic N) is 2. The molecule has 2 heterocycles. The summed E-state index contributed by atoms with van der Waals surface area (Å²) in [7, 11) is 0. The molecule has 3 aliphatic rings. The summed E-state index contributed by atoms with van der Waals surface area (Å²) in [6, 6.07) is 6.02. The van der Waals surface area contributed by atoms with E-state index in [2.05, 4.69) is 0 Å². The van der Waals surface area contributed by atoms with Gasteiger partial charge in [0.15, 0.2) is 0 Å². The van der Waals surface area contributed by atoms with Crippen molar-refractivity contribution >= 4 is 11.8 Å². The van der Waals surface area contributed by atoms with E-state index in [9.17, 15) is 14.0 Å². The summed E-state index contributed by atoms with van der Waals surface area (Å²) in [5.41, 5.74) is 0. The molecular weight excluding hydrogens is 375 g/mol. The second-order valence-corrected chi connectivity index (χ2v) is 8.28. The Morgan fingerprint density at radius 3 is 2.48 bits per heavy atom. The molecule has 0 spiro atoms. The average Bonchev–Trinajstić information content (AvgIpc) is 3.29. The highest BCUT2D eigenvalue weighted by molar-refractivity contribution is 5.80. The molecule has 1 unspecified atom stereocenters. The second kappa shape index (κ2) is 9.11. The van der Waals surface area contributed by atoms with Crippen LogP contribution in [0.25, 0.3) is 0 Å². The summed E-state index contributed by atoms with van der Waals surface area (Å²) in [5, 5.41) is 0. The normalized spacial score (nSPS) is 24.2. The first-order chi connectivity index (χ1) is 14.1. The van der Waals surface area contributed by atoms with E-state index >= 15 is 0 Å². The molecule has 4 rings (SSSR count). The fourth-order valence-electron chi connectivity index (χ4n) is 4.65. The predicted molar refractivity (Wildman–Crippen MR) is 105 cm³/mol. The van der Waals surface area contributed by atoms with Crippen molar-refractivity contribution in [3.63, 3.8) is 0 Å². The van der Waals surface area contributed by atoms with Gasteiger partial charge in [-0.05, 0) is 49.9 Å². The van der Waals surface area contributed by atoms with Crippen LogP contribution in [-0.2, 0) is 14.3 Å². The number of ether oxygens (including phenoxy) is 2. The highest BCUT2D eigenvalue weighted by atomic mass is 19.1. The number of hydrogen-bond acceptors (Lipinski definition) is 4. The Labute approximate surface area is 170 Å². The van der Waals surface area contributed by atoms with Crippen molar-refractivity contribution < 1.29 is 23.5 Å². The fourth-order valence-corrected chi connectivity index (χ4v) is 4.65. The Balaban J connectivity index is 1.27. The second-order valence-electron chi connectivity index (χ2n) is 8.28. The number of rotatable bonds is 5. The van der Waals surface area contributed by atoms with Gasteiger partial charge in [0.2, 0.25) is 11.8 Å². The molecule has 3 fully saturated rings. The van der Waals surface area contributed by atoms with Crippen molar-refractivity contribution in [3.05, 3.63) is 30.1 Å². The molecule has 1 aliphatic carbocycles. The number of carbonyl (C=O) groups excluding carboxylic acids is 2. The average molecular weight is 404 g/mol. The minimum absolute atomic E-state index is 0.00333. The molecular formula is C22H29FN2O4. The van der Waals surface area contributed by atoms with Crippen molar-refractivity contribution in [2.45, 2.75) is 50.7 Å². The standard InChI is InChI=1S/C22H29FN2O4/c23-17-5-7-19(8-6-17)28-14-20-13-25(21(26)15-29-20)18-9-11-24(12-10-18)22(27)16-3-1-2-4-16/h5-8,16,18,20H,1-4,9-15H2. The molecule has 29 heavy (non-hydrogen) atoms. The summed E-state index contributed by atoms with van der Waals surface area (Å²) in [5.74, 6) is 0.797. The van der Waals surface area contributed by atoms with Crippen molar-refractivity contribution in [3.8, 4) is 5.75 Å². The zero-order valence-corrected chi connectivity index (χ0v) is 16.7. The maximum absolute atomic E-state index is 13.0. The number of piperidine rings is 1. The third-order valence-corrected chi connectivity index (χ3v) is 6.33. The maximum Gasteiger partial charge on any atom is 0.248 e. The van der Waals surface area contributed by atoms with Crippen molar-refractivity contribution in [1.82, 2.24) is 9.80 Å². The summed E-state index contributed by atoms with van der Waals surface area (Å²) in [4.78, 5) is 28.9. The van der Waals surface area contributed by atoms with Gasteiger partial charge >= 0.3 is 0 Å². The molecule has 0 aromatic heterocycles. The third kappa shape index (κ3) is 4.89. The van der Waals surface area contributed by atoms with Gasteiger partial charge < -0.3 is 19.3 Å². The zero-order chi connectivity index (χ0) is 20.2. The molecule has 1 aromatic carbocycles. The first-order valence-corrected chi connectivity index (χ1v) is 10.7. The van der Waals surface area contributed by atoms with Gasteiger partial charge in [-0.1, -0.05) is 12.8 Å². The van der Waals surface area contributed by atoms with Crippen LogP contribution in [0.2, 0.25) is 0 Å². The van der Waals surface area contributed by atoms with E-state index in [1.165, 1.54) is 12.1 Å². The molecule has 158 valence electrons. The first-order valence-electron chi connectivity index (χ1n) is 10.7. The van der Waals surface area contributed by atoms with Crippen molar-refractivity contribution in [2.24, 2.45) is 5.92 Å². The lowest BCUT2D eigenvalue weighted by Gasteiger charge is -2.42. The highest BCUT2D eigenvalue weighted by Crippen LogP contribution is 2.28. The Morgan fingerprint density at radius 2 is 1.79 bits per heavy atom. The van der Waals surface area contributed by atoms with Crippen LogP contribution in [0.1, 0.15) is 38.5 Å². The summed E-state index contributed by atoms with van der Waals surface area (Å²) >= 11 is 0. The summed E-state index contributed by atoms with van der Waals surface area (Å²) in [6.07, 6.45) is 5.79. The number of morpholine rings is 1.